The Morgan fingerprint density at radius 1 is 0.686 bits per heavy atom. The minimum absolute atomic E-state index is 0.0427. The molecule has 268 valence electrons. The molecule has 2 amide bonds. The van der Waals surface area contributed by atoms with Crippen LogP contribution in [0, 0.1) is 18.8 Å². The van der Waals surface area contributed by atoms with Gasteiger partial charge in [-0.3, -0.25) is 9.80 Å². The largest absolute Gasteiger partial charge is 0.444 e. The number of imidazole rings is 1. The Morgan fingerprint density at radius 3 is 1.78 bits per heavy atom. The SMILES string of the molecule is Cc1c([C@@H]2C[C@H](C)CN2C(=O)OC(C)(C)C)[nH]c2ccc(-c3ccc(-c4ccc5nc([C@@H]6C[C@H](C)CN6C(=O)OC(C)(C)C)[nH]c5c4)cc3)cc12. The minimum Gasteiger partial charge on any atom is -0.444 e. The Morgan fingerprint density at radius 2 is 1.20 bits per heavy atom. The first-order chi connectivity index (χ1) is 24.0. The molecule has 2 aliphatic rings. The van der Waals surface area contributed by atoms with Crippen molar-refractivity contribution in [2.45, 2.75) is 98.4 Å². The fraction of sp³-hybridized carbons (Fsp3) is 0.452. The van der Waals surface area contributed by atoms with Crippen molar-refractivity contribution < 1.29 is 19.1 Å². The Hall–Kier alpha value is -4.79. The van der Waals surface area contributed by atoms with Crippen LogP contribution >= 0.6 is 0 Å². The lowest BCUT2D eigenvalue weighted by Gasteiger charge is -2.28. The Kier molecular flexibility index (Phi) is 8.67. The first kappa shape index (κ1) is 34.6. The van der Waals surface area contributed by atoms with Gasteiger partial charge in [0.1, 0.15) is 17.0 Å². The number of amides is 2. The van der Waals surface area contributed by atoms with Crippen LogP contribution in [0.3, 0.4) is 0 Å². The molecule has 0 unspecified atom stereocenters. The second-order valence-corrected chi connectivity index (χ2v) is 16.8. The summed E-state index contributed by atoms with van der Waals surface area (Å²) in [6.07, 6.45) is 1.19. The number of hydrogen-bond acceptors (Lipinski definition) is 5. The molecule has 7 rings (SSSR count). The predicted molar refractivity (Wildman–Crippen MR) is 202 cm³/mol. The van der Waals surface area contributed by atoms with Crippen LogP contribution in [0.5, 0.6) is 0 Å². The van der Waals surface area contributed by atoms with E-state index in [1.807, 2.05) is 57.4 Å². The fourth-order valence-electron chi connectivity index (χ4n) is 7.75. The van der Waals surface area contributed by atoms with Gasteiger partial charge >= 0.3 is 12.2 Å². The first-order valence-corrected chi connectivity index (χ1v) is 18.2. The molecule has 9 nitrogen and oxygen atoms in total. The van der Waals surface area contributed by atoms with Gasteiger partial charge in [0.25, 0.3) is 0 Å². The third-order valence-electron chi connectivity index (χ3n) is 10.1. The van der Waals surface area contributed by atoms with Crippen molar-refractivity contribution in [2.24, 2.45) is 11.8 Å². The van der Waals surface area contributed by atoms with Crippen LogP contribution < -0.4 is 0 Å². The van der Waals surface area contributed by atoms with Gasteiger partial charge in [-0.05, 0) is 125 Å². The zero-order valence-corrected chi connectivity index (χ0v) is 31.4. The molecular weight excluding hydrogens is 638 g/mol. The maximum Gasteiger partial charge on any atom is 0.410 e. The molecule has 9 heteroatoms. The molecule has 2 saturated heterocycles. The number of likely N-dealkylation sites (tertiary alicyclic amines) is 2. The summed E-state index contributed by atoms with van der Waals surface area (Å²) in [6, 6.07) is 21.3. The number of carbonyl (C=O) groups excluding carboxylic acids is 2. The van der Waals surface area contributed by atoms with Crippen LogP contribution in [0.2, 0.25) is 0 Å². The smallest absolute Gasteiger partial charge is 0.410 e. The van der Waals surface area contributed by atoms with Crippen molar-refractivity contribution in [3.63, 3.8) is 0 Å². The molecule has 2 fully saturated rings. The zero-order valence-electron chi connectivity index (χ0n) is 31.4. The van der Waals surface area contributed by atoms with Gasteiger partial charge < -0.3 is 19.4 Å². The Bertz CT molecular complexity index is 2100. The number of H-pyrrole nitrogens is 2. The van der Waals surface area contributed by atoms with Crippen LogP contribution in [-0.4, -0.2) is 61.2 Å². The molecule has 51 heavy (non-hydrogen) atoms. The predicted octanol–water partition coefficient (Wildman–Crippen LogP) is 10.3. The molecule has 0 aliphatic carbocycles. The monoisotopic (exact) mass is 689 g/mol. The summed E-state index contributed by atoms with van der Waals surface area (Å²) in [7, 11) is 0. The van der Waals surface area contributed by atoms with E-state index in [-0.39, 0.29) is 24.3 Å². The average Bonchev–Trinajstić information content (AvgIpc) is 3.83. The molecular formula is C42H51N5O4. The van der Waals surface area contributed by atoms with Gasteiger partial charge in [0.05, 0.1) is 23.1 Å². The number of aromatic amines is 2. The second kappa shape index (κ2) is 12.8. The lowest BCUT2D eigenvalue weighted by atomic mass is 9.98. The first-order valence-electron chi connectivity index (χ1n) is 18.2. The lowest BCUT2D eigenvalue weighted by Crippen LogP contribution is -2.37. The van der Waals surface area contributed by atoms with E-state index in [0.717, 1.165) is 68.6 Å². The van der Waals surface area contributed by atoms with E-state index in [2.05, 4.69) is 85.3 Å². The number of rotatable bonds is 4. The van der Waals surface area contributed by atoms with Crippen LogP contribution in [-0.2, 0) is 9.47 Å². The molecule has 4 heterocycles. The van der Waals surface area contributed by atoms with Gasteiger partial charge in [0.2, 0.25) is 0 Å². The van der Waals surface area contributed by atoms with E-state index in [1.165, 1.54) is 5.56 Å². The number of aromatic nitrogens is 3. The van der Waals surface area contributed by atoms with Crippen molar-refractivity contribution in [2.75, 3.05) is 13.1 Å². The number of carbonyl (C=O) groups is 2. The summed E-state index contributed by atoms with van der Waals surface area (Å²) in [5.74, 6) is 1.55. The summed E-state index contributed by atoms with van der Waals surface area (Å²) in [4.78, 5) is 42.0. The van der Waals surface area contributed by atoms with Gasteiger partial charge in [0.15, 0.2) is 0 Å². The van der Waals surface area contributed by atoms with Crippen molar-refractivity contribution >= 4 is 34.1 Å². The van der Waals surface area contributed by atoms with Gasteiger partial charge in [0, 0.05) is 29.7 Å². The zero-order chi connectivity index (χ0) is 36.4. The summed E-state index contributed by atoms with van der Waals surface area (Å²) in [5, 5.41) is 1.16. The van der Waals surface area contributed by atoms with Gasteiger partial charge in [-0.1, -0.05) is 50.2 Å². The second-order valence-electron chi connectivity index (χ2n) is 16.8. The normalized spacial score (nSPS) is 21.2. The number of benzene rings is 3. The highest BCUT2D eigenvalue weighted by Gasteiger charge is 2.39. The maximum atomic E-state index is 13.2. The number of hydrogen-bond donors (Lipinski definition) is 2. The fourth-order valence-corrected chi connectivity index (χ4v) is 7.75. The quantitative estimate of drug-likeness (QED) is 0.195. The van der Waals surface area contributed by atoms with Crippen molar-refractivity contribution in [3.05, 3.63) is 77.7 Å². The molecule has 5 aromatic rings. The average molecular weight is 690 g/mol. The lowest BCUT2D eigenvalue weighted by molar-refractivity contribution is 0.0206. The molecule has 2 N–H and O–H groups in total. The molecule has 0 bridgehead atoms. The van der Waals surface area contributed by atoms with E-state index in [4.69, 9.17) is 14.5 Å². The molecule has 0 saturated carbocycles. The number of fused-ring (bicyclic) bond motifs is 2. The molecule has 3 aromatic carbocycles. The van der Waals surface area contributed by atoms with Gasteiger partial charge in [-0.25, -0.2) is 14.6 Å². The third-order valence-corrected chi connectivity index (χ3v) is 10.1. The van der Waals surface area contributed by atoms with Crippen molar-refractivity contribution in [1.29, 1.82) is 0 Å². The number of aryl methyl sites for hydroxylation is 1. The van der Waals surface area contributed by atoms with E-state index in [0.29, 0.717) is 24.9 Å². The molecule has 2 aliphatic heterocycles. The standard InChI is InChI=1S/C42H51N5O4/c1-24-18-35(46(22-24)39(48)50-41(4,5)6)37-26(3)31-20-29(14-16-32(31)43-37)27-10-12-28(13-11-27)30-15-17-33-34(21-30)45-38(44-33)36-19-25(2)23-47(36)40(49)51-42(7,8)9/h10-17,20-21,24-25,35-36,43H,18-19,22-23H2,1-9H3,(H,44,45)/t24-,25-,35-,36-/m0/s1. The third kappa shape index (κ3) is 7.08. The highest BCUT2D eigenvalue weighted by atomic mass is 16.6. The topological polar surface area (TPSA) is 104 Å². The van der Waals surface area contributed by atoms with Gasteiger partial charge in [-0.15, -0.1) is 0 Å². The van der Waals surface area contributed by atoms with E-state index >= 15 is 0 Å². The number of ether oxygens (including phenoxy) is 2. The van der Waals surface area contributed by atoms with Crippen LogP contribution in [0.25, 0.3) is 44.2 Å². The van der Waals surface area contributed by atoms with Crippen molar-refractivity contribution in [1.82, 2.24) is 24.8 Å². The summed E-state index contributed by atoms with van der Waals surface area (Å²) >= 11 is 0. The van der Waals surface area contributed by atoms with Crippen LogP contribution in [0.1, 0.15) is 97.4 Å². The highest BCUT2D eigenvalue weighted by Crippen LogP contribution is 2.41. The van der Waals surface area contributed by atoms with E-state index < -0.39 is 11.2 Å². The van der Waals surface area contributed by atoms with Crippen LogP contribution in [0.4, 0.5) is 9.59 Å². The van der Waals surface area contributed by atoms with Crippen molar-refractivity contribution in [3.8, 4) is 22.3 Å². The highest BCUT2D eigenvalue weighted by molar-refractivity contribution is 5.90. The summed E-state index contributed by atoms with van der Waals surface area (Å²) < 4.78 is 11.5. The Balaban J connectivity index is 1.11. The Labute approximate surface area is 300 Å². The van der Waals surface area contributed by atoms with E-state index in [9.17, 15) is 9.59 Å². The molecule has 4 atom stereocenters. The maximum absolute atomic E-state index is 13.2. The molecule has 2 aromatic heterocycles. The van der Waals surface area contributed by atoms with Gasteiger partial charge in [-0.2, -0.15) is 0 Å². The summed E-state index contributed by atoms with van der Waals surface area (Å²) in [5.41, 5.74) is 8.54. The van der Waals surface area contributed by atoms with Crippen LogP contribution in [0.15, 0.2) is 60.7 Å². The molecule has 0 radical (unpaired) electrons. The molecule has 0 spiro atoms. The number of nitrogens with zero attached hydrogens (tertiary/aromatic N) is 3. The summed E-state index contributed by atoms with van der Waals surface area (Å²) in [6.45, 7) is 19.3. The van der Waals surface area contributed by atoms with E-state index in [1.54, 1.807) is 0 Å². The minimum atomic E-state index is -0.551. The number of nitrogens with one attached hydrogen (secondary N) is 2.